The molecule has 1 aromatic carbocycles. The quantitative estimate of drug-likeness (QED) is 0.506. The average molecular weight is 318 g/mol. The first-order chi connectivity index (χ1) is 10.8. The van der Waals surface area contributed by atoms with Crippen LogP contribution in [0, 0.1) is 21.4 Å². The number of benzene rings is 1. The molecule has 23 heavy (non-hydrogen) atoms. The number of amides is 1. The van der Waals surface area contributed by atoms with Crippen molar-refractivity contribution >= 4 is 17.4 Å². The number of nitro benzene ring substituents is 1. The van der Waals surface area contributed by atoms with E-state index in [1.807, 2.05) is 6.92 Å². The molecule has 1 amide bonds. The molecule has 7 nitrogen and oxygen atoms in total. The summed E-state index contributed by atoms with van der Waals surface area (Å²) in [4.78, 5) is 36.3. The summed E-state index contributed by atoms with van der Waals surface area (Å²) in [5, 5.41) is 20.5. The van der Waals surface area contributed by atoms with Crippen LogP contribution in [0.1, 0.15) is 19.4 Å². The summed E-state index contributed by atoms with van der Waals surface area (Å²) in [5.41, 5.74) is 0.0297. The first-order valence-electron chi connectivity index (χ1n) is 7.51. The number of aliphatic hydroxyl groups excluding tert-OH is 1. The number of Topliss-reactive ketones (excluding diaryl/α,β-unsaturated/α-hetero) is 1. The average Bonchev–Trinajstić information content (AvgIpc) is 2.69. The van der Waals surface area contributed by atoms with Crippen LogP contribution >= 0.6 is 0 Å². The van der Waals surface area contributed by atoms with Crippen molar-refractivity contribution < 1.29 is 19.6 Å². The largest absolute Gasteiger partial charge is 0.393 e. The zero-order valence-electron chi connectivity index (χ0n) is 12.9. The van der Waals surface area contributed by atoms with Crippen molar-refractivity contribution in [3.63, 3.8) is 0 Å². The number of non-ortho nitro benzene ring substituents is 1. The van der Waals surface area contributed by atoms with E-state index in [2.05, 4.69) is 0 Å². The van der Waals surface area contributed by atoms with E-state index in [4.69, 9.17) is 0 Å². The molecule has 0 unspecified atom stereocenters. The maximum absolute atomic E-state index is 12.5. The molecule has 0 bridgehead atoms. The number of hydrogen-bond donors (Lipinski definition) is 1. The van der Waals surface area contributed by atoms with E-state index in [1.165, 1.54) is 17.0 Å². The molecule has 2 saturated heterocycles. The molecular weight excluding hydrogens is 300 g/mol. The minimum absolute atomic E-state index is 0.000966. The Hall–Kier alpha value is -2.28. The van der Waals surface area contributed by atoms with Gasteiger partial charge in [0.15, 0.2) is 5.78 Å². The smallest absolute Gasteiger partial charge is 0.269 e. The van der Waals surface area contributed by atoms with Gasteiger partial charge in [0.25, 0.3) is 5.69 Å². The summed E-state index contributed by atoms with van der Waals surface area (Å²) < 4.78 is 0. The molecule has 4 atom stereocenters. The van der Waals surface area contributed by atoms with Crippen LogP contribution in [0.15, 0.2) is 24.3 Å². The number of β-lactam (4-membered cyclic amide) rings is 1. The van der Waals surface area contributed by atoms with Crippen LogP contribution in [0.5, 0.6) is 0 Å². The Morgan fingerprint density at radius 3 is 2.52 bits per heavy atom. The summed E-state index contributed by atoms with van der Waals surface area (Å²) >= 11 is 0. The van der Waals surface area contributed by atoms with Crippen LogP contribution in [-0.2, 0) is 16.0 Å². The van der Waals surface area contributed by atoms with Gasteiger partial charge in [-0.1, -0.05) is 19.1 Å². The van der Waals surface area contributed by atoms with Crippen molar-refractivity contribution in [2.75, 3.05) is 6.54 Å². The second-order valence-electron chi connectivity index (χ2n) is 6.62. The molecule has 3 rings (SSSR count). The van der Waals surface area contributed by atoms with Gasteiger partial charge in [0.2, 0.25) is 5.91 Å². The van der Waals surface area contributed by atoms with Gasteiger partial charge in [0.05, 0.1) is 34.9 Å². The third kappa shape index (κ3) is 2.23. The minimum Gasteiger partial charge on any atom is -0.393 e. The van der Waals surface area contributed by atoms with E-state index in [-0.39, 0.29) is 30.0 Å². The van der Waals surface area contributed by atoms with Crippen LogP contribution in [0.3, 0.4) is 0 Å². The molecule has 0 radical (unpaired) electrons. The van der Waals surface area contributed by atoms with Gasteiger partial charge in [-0.05, 0) is 18.9 Å². The van der Waals surface area contributed by atoms with Crippen molar-refractivity contribution in [3.8, 4) is 0 Å². The molecule has 1 N–H and O–H groups in total. The monoisotopic (exact) mass is 318 g/mol. The number of nitrogens with zero attached hydrogens (tertiary/aromatic N) is 2. The third-order valence-electron chi connectivity index (χ3n) is 5.09. The number of carbonyl (C=O) groups excluding carboxylic acids is 2. The number of fused-ring (bicyclic) bond motifs is 1. The normalized spacial score (nSPS) is 30.8. The fourth-order valence-electron chi connectivity index (χ4n) is 3.82. The maximum Gasteiger partial charge on any atom is 0.269 e. The molecule has 0 saturated carbocycles. The SMILES string of the molecule is C[C@@H](O)[C@H]1C(=O)N2CC(=O)[C@](C)(Cc3ccc([N+](=O)[O-])cc3)[C@@H]12. The molecule has 0 spiro atoms. The highest BCUT2D eigenvalue weighted by Gasteiger charge is 2.64. The molecule has 2 fully saturated rings. The third-order valence-corrected chi connectivity index (χ3v) is 5.09. The number of hydrogen-bond acceptors (Lipinski definition) is 5. The fraction of sp³-hybridized carbons (Fsp3) is 0.500. The van der Waals surface area contributed by atoms with Gasteiger partial charge in [0, 0.05) is 12.1 Å². The lowest BCUT2D eigenvalue weighted by Gasteiger charge is -2.49. The molecule has 122 valence electrons. The molecule has 0 aromatic heterocycles. The highest BCUT2D eigenvalue weighted by Crippen LogP contribution is 2.48. The van der Waals surface area contributed by atoms with Gasteiger partial charge in [-0.2, -0.15) is 0 Å². The van der Waals surface area contributed by atoms with Crippen LogP contribution in [0.25, 0.3) is 0 Å². The van der Waals surface area contributed by atoms with E-state index in [1.54, 1.807) is 19.1 Å². The lowest BCUT2D eigenvalue weighted by molar-refractivity contribution is -0.384. The van der Waals surface area contributed by atoms with Crippen molar-refractivity contribution in [1.82, 2.24) is 4.90 Å². The van der Waals surface area contributed by atoms with Crippen LogP contribution < -0.4 is 0 Å². The Balaban J connectivity index is 1.86. The molecular formula is C16H18N2O5. The van der Waals surface area contributed by atoms with Crippen molar-refractivity contribution in [3.05, 3.63) is 39.9 Å². The topological polar surface area (TPSA) is 101 Å². The Morgan fingerprint density at radius 2 is 2.00 bits per heavy atom. The van der Waals surface area contributed by atoms with Gasteiger partial charge in [-0.25, -0.2) is 0 Å². The summed E-state index contributed by atoms with van der Waals surface area (Å²) in [6.07, 6.45) is -0.410. The van der Waals surface area contributed by atoms with Crippen molar-refractivity contribution in [1.29, 1.82) is 0 Å². The number of carbonyl (C=O) groups is 2. The first-order valence-corrected chi connectivity index (χ1v) is 7.51. The van der Waals surface area contributed by atoms with E-state index < -0.39 is 22.4 Å². The Labute approximate surface area is 133 Å². The Kier molecular flexibility index (Phi) is 3.48. The number of nitro groups is 1. The zero-order chi connectivity index (χ0) is 16.9. The van der Waals surface area contributed by atoms with Crippen LogP contribution in [0.2, 0.25) is 0 Å². The summed E-state index contributed by atoms with van der Waals surface area (Å²) in [6, 6.07) is 5.79. The number of rotatable bonds is 4. The highest BCUT2D eigenvalue weighted by atomic mass is 16.6. The molecule has 1 aromatic rings. The van der Waals surface area contributed by atoms with E-state index >= 15 is 0 Å². The lowest BCUT2D eigenvalue weighted by atomic mass is 9.67. The van der Waals surface area contributed by atoms with Crippen LogP contribution in [0.4, 0.5) is 5.69 Å². The summed E-state index contributed by atoms with van der Waals surface area (Å²) in [5.74, 6) is -0.757. The van der Waals surface area contributed by atoms with Crippen molar-refractivity contribution in [2.24, 2.45) is 11.3 Å². The minimum atomic E-state index is -0.800. The highest BCUT2D eigenvalue weighted by molar-refractivity contribution is 6.01. The zero-order valence-corrected chi connectivity index (χ0v) is 12.9. The van der Waals surface area contributed by atoms with Gasteiger partial charge >= 0.3 is 0 Å². The second kappa shape index (κ2) is 5.13. The second-order valence-corrected chi connectivity index (χ2v) is 6.62. The van der Waals surface area contributed by atoms with Gasteiger partial charge in [-0.3, -0.25) is 19.7 Å². The maximum atomic E-state index is 12.5. The first kappa shape index (κ1) is 15.6. The molecule has 7 heteroatoms. The van der Waals surface area contributed by atoms with Gasteiger partial charge in [0.1, 0.15) is 0 Å². The molecule has 2 aliphatic rings. The van der Waals surface area contributed by atoms with Crippen molar-refractivity contribution in [2.45, 2.75) is 32.4 Å². The predicted octanol–water partition coefficient (Wildman–Crippen LogP) is 0.934. The predicted molar refractivity (Wildman–Crippen MR) is 80.6 cm³/mol. The fourth-order valence-corrected chi connectivity index (χ4v) is 3.82. The standard InChI is InChI=1S/C16H18N2O5/c1-9(19)13-14-16(2,12(20)8-17(14)15(13)21)7-10-3-5-11(6-4-10)18(22)23/h3-6,9,13-14,19H,7-8H2,1-2H3/t9-,13-,14-,16+/m1/s1. The molecule has 2 aliphatic heterocycles. The Bertz CT molecular complexity index is 684. The molecule has 2 heterocycles. The molecule has 0 aliphatic carbocycles. The summed E-state index contributed by atoms with van der Waals surface area (Å²) in [7, 11) is 0. The van der Waals surface area contributed by atoms with Crippen LogP contribution in [-0.4, -0.2) is 45.3 Å². The lowest BCUT2D eigenvalue weighted by Crippen LogP contribution is -2.65. The Morgan fingerprint density at radius 1 is 1.39 bits per heavy atom. The number of ketones is 1. The van der Waals surface area contributed by atoms with E-state index in [0.29, 0.717) is 6.42 Å². The van der Waals surface area contributed by atoms with E-state index in [0.717, 1.165) is 5.56 Å². The van der Waals surface area contributed by atoms with Gasteiger partial charge < -0.3 is 10.0 Å². The number of aliphatic hydroxyl groups is 1. The summed E-state index contributed by atoms with van der Waals surface area (Å²) in [6.45, 7) is 3.45. The van der Waals surface area contributed by atoms with Gasteiger partial charge in [-0.15, -0.1) is 0 Å². The van der Waals surface area contributed by atoms with E-state index in [9.17, 15) is 24.8 Å².